The number of thiazole rings is 1. The summed E-state index contributed by atoms with van der Waals surface area (Å²) in [4.78, 5) is 19.4. The minimum absolute atomic E-state index is 0.0190. The molecule has 0 spiro atoms. The molecule has 0 fully saturated rings. The zero-order valence-electron chi connectivity index (χ0n) is 23.5. The van der Waals surface area contributed by atoms with Crippen molar-refractivity contribution in [3.05, 3.63) is 63.3 Å². The lowest BCUT2D eigenvalue weighted by Gasteiger charge is -2.24. The Morgan fingerprint density at radius 2 is 1.56 bits per heavy atom. The van der Waals surface area contributed by atoms with Gasteiger partial charge in [-0.3, -0.25) is 4.79 Å². The van der Waals surface area contributed by atoms with Crippen molar-refractivity contribution in [1.82, 2.24) is 4.98 Å². The Bertz CT molecular complexity index is 1440. The fourth-order valence-electron chi connectivity index (χ4n) is 3.81. The number of ether oxygens (including phenoxy) is 1. The lowest BCUT2D eigenvalue weighted by Crippen LogP contribution is -2.25. The molecule has 0 aliphatic heterocycles. The maximum Gasteiger partial charge on any atom is 0.316 e. The van der Waals surface area contributed by atoms with Crippen molar-refractivity contribution in [3.8, 4) is 29.1 Å². The zero-order chi connectivity index (χ0) is 28.4. The number of unbranched alkanes of at least 4 members (excludes halogenated alkanes) is 2. The molecule has 39 heavy (non-hydrogen) atoms. The lowest BCUT2D eigenvalue weighted by atomic mass is 9.97. The molecule has 0 saturated heterocycles. The second-order valence-corrected chi connectivity index (χ2v) is 11.5. The highest BCUT2D eigenvalue weighted by Crippen LogP contribution is 2.23. The summed E-state index contributed by atoms with van der Waals surface area (Å²) < 4.78 is 6.72. The monoisotopic (exact) mass is 540 g/mol. The summed E-state index contributed by atoms with van der Waals surface area (Å²) in [7, 11) is 0. The molecule has 0 atom stereocenters. The molecule has 7 heteroatoms. The Hall–Kier alpha value is -3.94. The SMILES string of the molecule is CCCCN(CCCC)c1ccc(C=c2sc(=C(C#N)C#N)nc2-c2ccc(OC(=O)C(C)(C)C)cc2)cc1. The number of aromatic nitrogens is 1. The minimum atomic E-state index is -0.607. The van der Waals surface area contributed by atoms with Crippen LogP contribution in [0.1, 0.15) is 65.9 Å². The van der Waals surface area contributed by atoms with Crippen LogP contribution < -0.4 is 18.8 Å². The van der Waals surface area contributed by atoms with Gasteiger partial charge in [-0.15, -0.1) is 11.3 Å². The molecular formula is C32H36N4O2S. The number of hydrogen-bond donors (Lipinski definition) is 0. The normalized spacial score (nSPS) is 11.5. The molecule has 2 aromatic carbocycles. The topological polar surface area (TPSA) is 90.0 Å². The highest BCUT2D eigenvalue weighted by molar-refractivity contribution is 7.08. The van der Waals surface area contributed by atoms with Crippen molar-refractivity contribution in [2.24, 2.45) is 5.41 Å². The van der Waals surface area contributed by atoms with Gasteiger partial charge in [0, 0.05) is 24.3 Å². The number of hydrogen-bond acceptors (Lipinski definition) is 7. The van der Waals surface area contributed by atoms with Gasteiger partial charge < -0.3 is 9.64 Å². The van der Waals surface area contributed by atoms with Crippen molar-refractivity contribution in [1.29, 1.82) is 10.5 Å². The molecule has 3 aromatic rings. The maximum absolute atomic E-state index is 12.3. The Balaban J connectivity index is 2.00. The van der Waals surface area contributed by atoms with Crippen molar-refractivity contribution in [3.63, 3.8) is 0 Å². The second-order valence-electron chi connectivity index (χ2n) is 10.4. The molecule has 202 valence electrons. The third-order valence-electron chi connectivity index (χ3n) is 6.16. The summed E-state index contributed by atoms with van der Waals surface area (Å²) >= 11 is 1.31. The molecular weight excluding hydrogens is 504 g/mol. The van der Waals surface area contributed by atoms with Gasteiger partial charge in [-0.05, 0) is 81.7 Å². The highest BCUT2D eigenvalue weighted by Gasteiger charge is 2.23. The summed E-state index contributed by atoms with van der Waals surface area (Å²) in [6.07, 6.45) is 6.68. The van der Waals surface area contributed by atoms with E-state index in [1.165, 1.54) is 17.0 Å². The van der Waals surface area contributed by atoms with E-state index in [0.717, 1.165) is 54.4 Å². The minimum Gasteiger partial charge on any atom is -0.426 e. The molecule has 3 rings (SSSR count). The standard InChI is InChI=1S/C32H36N4O2S/c1-6-8-18-36(19-9-7-2)26-14-10-23(11-15-26)20-28-29(35-30(39-28)25(21-33)22-34)24-12-16-27(17-13-24)38-31(37)32(3,4)5/h10-17,20H,6-9,18-19H2,1-5H3. The number of carbonyl (C=O) groups is 1. The van der Waals surface area contributed by atoms with Crippen LogP contribution >= 0.6 is 11.3 Å². The zero-order valence-corrected chi connectivity index (χ0v) is 24.3. The van der Waals surface area contributed by atoms with E-state index in [1.807, 2.05) is 51.1 Å². The van der Waals surface area contributed by atoms with Gasteiger partial charge in [0.2, 0.25) is 0 Å². The van der Waals surface area contributed by atoms with Gasteiger partial charge in [0.15, 0.2) is 5.57 Å². The van der Waals surface area contributed by atoms with Crippen LogP contribution in [0.5, 0.6) is 5.75 Å². The Morgan fingerprint density at radius 1 is 0.974 bits per heavy atom. The first-order valence-corrected chi connectivity index (χ1v) is 14.2. The van der Waals surface area contributed by atoms with Gasteiger partial charge in [0.25, 0.3) is 0 Å². The van der Waals surface area contributed by atoms with Gasteiger partial charge in [-0.25, -0.2) is 4.98 Å². The molecule has 0 bridgehead atoms. The number of benzene rings is 2. The molecule has 0 radical (unpaired) electrons. The number of carbonyl (C=O) groups excluding carboxylic acids is 1. The molecule has 0 aliphatic rings. The molecule has 1 heterocycles. The molecule has 0 saturated carbocycles. The number of anilines is 1. The van der Waals surface area contributed by atoms with Gasteiger partial charge in [0.1, 0.15) is 22.6 Å². The average Bonchev–Trinajstić information content (AvgIpc) is 3.33. The highest BCUT2D eigenvalue weighted by atomic mass is 32.1. The van der Waals surface area contributed by atoms with Crippen LogP contribution in [0.15, 0.2) is 48.5 Å². The first kappa shape index (κ1) is 29.6. The van der Waals surface area contributed by atoms with Crippen molar-refractivity contribution in [2.75, 3.05) is 18.0 Å². The van der Waals surface area contributed by atoms with E-state index in [9.17, 15) is 15.3 Å². The molecule has 1 aromatic heterocycles. The molecule has 0 aliphatic carbocycles. The van der Waals surface area contributed by atoms with Crippen molar-refractivity contribution < 1.29 is 9.53 Å². The molecule has 0 amide bonds. The van der Waals surface area contributed by atoms with Crippen LogP contribution in [0.2, 0.25) is 0 Å². The van der Waals surface area contributed by atoms with E-state index in [2.05, 4.69) is 48.0 Å². The van der Waals surface area contributed by atoms with E-state index in [0.29, 0.717) is 16.1 Å². The predicted octanol–water partition coefficient (Wildman–Crippen LogP) is 6.19. The second kappa shape index (κ2) is 13.7. The van der Waals surface area contributed by atoms with Crippen molar-refractivity contribution >= 4 is 34.6 Å². The summed E-state index contributed by atoms with van der Waals surface area (Å²) in [6.45, 7) is 11.9. The lowest BCUT2D eigenvalue weighted by molar-refractivity contribution is -0.142. The third-order valence-corrected chi connectivity index (χ3v) is 7.18. The van der Waals surface area contributed by atoms with Gasteiger partial charge in [0.05, 0.1) is 15.6 Å². The van der Waals surface area contributed by atoms with E-state index >= 15 is 0 Å². The summed E-state index contributed by atoms with van der Waals surface area (Å²) in [5, 5.41) is 18.9. The maximum atomic E-state index is 12.3. The van der Waals surface area contributed by atoms with Gasteiger partial charge in [-0.1, -0.05) is 38.8 Å². The van der Waals surface area contributed by atoms with Gasteiger partial charge >= 0.3 is 5.97 Å². The van der Waals surface area contributed by atoms with Crippen LogP contribution in [0.3, 0.4) is 0 Å². The Morgan fingerprint density at radius 3 is 2.08 bits per heavy atom. The smallest absolute Gasteiger partial charge is 0.316 e. The van der Waals surface area contributed by atoms with E-state index in [4.69, 9.17) is 4.74 Å². The number of nitrogens with zero attached hydrogens (tertiary/aromatic N) is 4. The Kier molecular flexibility index (Phi) is 10.4. The first-order valence-electron chi connectivity index (χ1n) is 13.4. The predicted molar refractivity (Wildman–Crippen MR) is 159 cm³/mol. The van der Waals surface area contributed by atoms with E-state index in [-0.39, 0.29) is 11.5 Å². The fourth-order valence-corrected chi connectivity index (χ4v) is 4.80. The number of esters is 1. The molecule has 0 unspecified atom stereocenters. The largest absolute Gasteiger partial charge is 0.426 e. The summed E-state index contributed by atoms with van der Waals surface area (Å²) in [6, 6.07) is 19.5. The molecule has 0 N–H and O–H groups in total. The molecule has 6 nitrogen and oxygen atoms in total. The van der Waals surface area contributed by atoms with Gasteiger partial charge in [-0.2, -0.15) is 10.5 Å². The number of nitriles is 2. The van der Waals surface area contributed by atoms with Crippen LogP contribution in [-0.2, 0) is 4.79 Å². The van der Waals surface area contributed by atoms with Crippen LogP contribution in [0, 0.1) is 28.1 Å². The third kappa shape index (κ3) is 8.02. The summed E-state index contributed by atoms with van der Waals surface area (Å²) in [5.41, 5.74) is 3.06. The number of rotatable bonds is 10. The first-order chi connectivity index (χ1) is 18.7. The van der Waals surface area contributed by atoms with Crippen molar-refractivity contribution in [2.45, 2.75) is 60.3 Å². The Labute approximate surface area is 235 Å². The quantitative estimate of drug-likeness (QED) is 0.225. The van der Waals surface area contributed by atoms with E-state index in [1.54, 1.807) is 12.1 Å². The van der Waals surface area contributed by atoms with Crippen LogP contribution in [-0.4, -0.2) is 24.0 Å². The fraction of sp³-hybridized carbons (Fsp3) is 0.375. The summed E-state index contributed by atoms with van der Waals surface area (Å²) in [5.74, 6) is 0.140. The van der Waals surface area contributed by atoms with Crippen LogP contribution in [0.25, 0.3) is 22.9 Å². The van der Waals surface area contributed by atoms with E-state index < -0.39 is 5.41 Å². The van der Waals surface area contributed by atoms with Crippen LogP contribution in [0.4, 0.5) is 5.69 Å². The average molecular weight is 541 g/mol.